The SMILES string of the molecule is CC[Si](CC)(CC)O[C@H]1CCC[C@@H]2C(=O)N[C@@H]3CC(=O)C=C1[C@]23C. The van der Waals surface area contributed by atoms with Gasteiger partial charge in [0.05, 0.1) is 6.10 Å². The van der Waals surface area contributed by atoms with Gasteiger partial charge in [0.15, 0.2) is 14.1 Å². The molecule has 1 N–H and O–H groups in total. The first kappa shape index (κ1) is 17.9. The van der Waals surface area contributed by atoms with Gasteiger partial charge >= 0.3 is 0 Å². The van der Waals surface area contributed by atoms with E-state index in [9.17, 15) is 9.59 Å². The Morgan fingerprint density at radius 1 is 1.21 bits per heavy atom. The molecule has 0 aromatic heterocycles. The molecule has 2 aliphatic carbocycles. The lowest BCUT2D eigenvalue weighted by Gasteiger charge is -2.43. The summed E-state index contributed by atoms with van der Waals surface area (Å²) in [5, 5.41) is 3.11. The van der Waals surface area contributed by atoms with Crippen molar-refractivity contribution in [3.8, 4) is 0 Å². The number of carbonyl (C=O) groups is 2. The molecule has 24 heavy (non-hydrogen) atoms. The minimum Gasteiger partial charge on any atom is -0.410 e. The van der Waals surface area contributed by atoms with Gasteiger partial charge in [-0.25, -0.2) is 0 Å². The van der Waals surface area contributed by atoms with Crippen LogP contribution < -0.4 is 5.32 Å². The molecule has 5 heteroatoms. The summed E-state index contributed by atoms with van der Waals surface area (Å²) in [6, 6.07) is 3.28. The van der Waals surface area contributed by atoms with E-state index in [0.29, 0.717) is 6.42 Å². The van der Waals surface area contributed by atoms with Crippen molar-refractivity contribution in [2.75, 3.05) is 0 Å². The second-order valence-corrected chi connectivity index (χ2v) is 12.7. The van der Waals surface area contributed by atoms with Crippen LogP contribution in [0.5, 0.6) is 0 Å². The fourth-order valence-electron chi connectivity index (χ4n) is 5.15. The van der Waals surface area contributed by atoms with E-state index in [2.05, 4.69) is 33.0 Å². The molecule has 0 aromatic carbocycles. The van der Waals surface area contributed by atoms with Crippen LogP contribution >= 0.6 is 0 Å². The van der Waals surface area contributed by atoms with Gasteiger partial charge in [-0.05, 0) is 49.0 Å². The topological polar surface area (TPSA) is 55.4 Å². The number of amides is 1. The van der Waals surface area contributed by atoms with E-state index >= 15 is 0 Å². The summed E-state index contributed by atoms with van der Waals surface area (Å²) in [7, 11) is -1.76. The molecule has 3 aliphatic rings. The van der Waals surface area contributed by atoms with E-state index in [1.54, 1.807) is 0 Å². The van der Waals surface area contributed by atoms with E-state index in [-0.39, 0.29) is 35.2 Å². The maximum Gasteiger partial charge on any atom is 0.224 e. The van der Waals surface area contributed by atoms with Crippen LogP contribution in [-0.2, 0) is 14.0 Å². The maximum absolute atomic E-state index is 12.5. The van der Waals surface area contributed by atoms with Gasteiger partial charge in [0.2, 0.25) is 5.91 Å². The van der Waals surface area contributed by atoms with Crippen molar-refractivity contribution in [3.05, 3.63) is 11.6 Å². The minimum absolute atomic E-state index is 0.00334. The van der Waals surface area contributed by atoms with E-state index in [4.69, 9.17) is 4.43 Å². The molecule has 0 aromatic rings. The molecular weight excluding hydrogens is 318 g/mol. The van der Waals surface area contributed by atoms with Crippen LogP contribution in [0.4, 0.5) is 0 Å². The third-order valence-electron chi connectivity index (χ3n) is 7.06. The predicted octanol–water partition coefficient (Wildman–Crippen LogP) is 3.58. The number of rotatable bonds is 5. The van der Waals surface area contributed by atoms with Crippen LogP contribution in [0.2, 0.25) is 18.1 Å². The third-order valence-corrected chi connectivity index (χ3v) is 11.7. The molecule has 0 spiro atoms. The smallest absolute Gasteiger partial charge is 0.224 e. The highest BCUT2D eigenvalue weighted by molar-refractivity contribution is 6.73. The largest absolute Gasteiger partial charge is 0.410 e. The quantitative estimate of drug-likeness (QED) is 0.772. The van der Waals surface area contributed by atoms with Gasteiger partial charge in [0, 0.05) is 23.8 Å². The lowest BCUT2D eigenvalue weighted by Crippen LogP contribution is -2.48. The fourth-order valence-corrected chi connectivity index (χ4v) is 8.00. The van der Waals surface area contributed by atoms with Crippen molar-refractivity contribution in [1.82, 2.24) is 5.32 Å². The standard InChI is InChI=1S/C19H31NO3Si/c1-5-24(6-2,7-3)23-16-10-8-9-14-18(22)20-17-12-13(21)11-15(16)19(14,17)4/h11,14,16-17H,5-10,12H2,1-4H3,(H,20,22)/t14-,16+,17-,19+/m1/s1. The van der Waals surface area contributed by atoms with E-state index in [0.717, 1.165) is 43.0 Å². The lowest BCUT2D eigenvalue weighted by atomic mass is 9.64. The molecule has 0 bridgehead atoms. The first-order chi connectivity index (χ1) is 11.4. The molecule has 1 saturated carbocycles. The average molecular weight is 350 g/mol. The van der Waals surface area contributed by atoms with E-state index < -0.39 is 8.32 Å². The zero-order valence-electron chi connectivity index (χ0n) is 15.5. The van der Waals surface area contributed by atoms with Crippen LogP contribution in [-0.4, -0.2) is 32.2 Å². The Kier molecular flexibility index (Phi) is 4.77. The van der Waals surface area contributed by atoms with Crippen LogP contribution in [0.3, 0.4) is 0 Å². The van der Waals surface area contributed by atoms with Crippen molar-refractivity contribution < 1.29 is 14.0 Å². The van der Waals surface area contributed by atoms with Gasteiger partial charge in [0.25, 0.3) is 0 Å². The zero-order chi connectivity index (χ0) is 17.5. The Morgan fingerprint density at radius 2 is 1.88 bits per heavy atom. The van der Waals surface area contributed by atoms with Gasteiger partial charge in [-0.2, -0.15) is 0 Å². The molecule has 1 amide bonds. The fraction of sp³-hybridized carbons (Fsp3) is 0.789. The molecule has 0 radical (unpaired) electrons. The van der Waals surface area contributed by atoms with Crippen LogP contribution in [0.15, 0.2) is 11.6 Å². The van der Waals surface area contributed by atoms with Gasteiger partial charge in [-0.3, -0.25) is 9.59 Å². The Balaban J connectivity index is 2.00. The van der Waals surface area contributed by atoms with Crippen molar-refractivity contribution in [3.63, 3.8) is 0 Å². The summed E-state index contributed by atoms with van der Waals surface area (Å²) in [5.74, 6) is 0.269. The second-order valence-electron chi connectivity index (χ2n) is 7.95. The van der Waals surface area contributed by atoms with Crippen LogP contribution in [0, 0.1) is 11.3 Å². The number of hydrogen-bond acceptors (Lipinski definition) is 3. The summed E-state index contributed by atoms with van der Waals surface area (Å²) < 4.78 is 6.83. The number of allylic oxidation sites excluding steroid dienone is 1. The van der Waals surface area contributed by atoms with Gasteiger partial charge in [0.1, 0.15) is 0 Å². The van der Waals surface area contributed by atoms with Gasteiger partial charge in [-0.1, -0.05) is 27.7 Å². The molecule has 2 fully saturated rings. The molecule has 1 heterocycles. The van der Waals surface area contributed by atoms with Gasteiger partial charge < -0.3 is 9.74 Å². The van der Waals surface area contributed by atoms with E-state index in [1.807, 2.05) is 6.08 Å². The Labute approximate surface area is 146 Å². The van der Waals surface area contributed by atoms with Crippen molar-refractivity contribution in [2.45, 2.75) is 83.7 Å². The number of ketones is 1. The Bertz CT molecular complexity index is 561. The number of hydrogen-bond donors (Lipinski definition) is 1. The Hall–Kier alpha value is -0.943. The second kappa shape index (κ2) is 6.41. The van der Waals surface area contributed by atoms with Crippen LogP contribution in [0.25, 0.3) is 0 Å². The van der Waals surface area contributed by atoms with Crippen molar-refractivity contribution in [2.24, 2.45) is 11.3 Å². The first-order valence-corrected chi connectivity index (χ1v) is 12.2. The summed E-state index contributed by atoms with van der Waals surface area (Å²) in [5.41, 5.74) is 0.860. The average Bonchev–Trinajstić information content (AvgIpc) is 2.72. The molecule has 1 aliphatic heterocycles. The molecule has 134 valence electrons. The number of nitrogens with one attached hydrogen (secondary N) is 1. The highest BCUT2D eigenvalue weighted by atomic mass is 28.4. The van der Waals surface area contributed by atoms with Gasteiger partial charge in [-0.15, -0.1) is 0 Å². The molecule has 1 saturated heterocycles. The Morgan fingerprint density at radius 3 is 2.50 bits per heavy atom. The molecular formula is C19H31NO3Si. The number of carbonyl (C=O) groups excluding carboxylic acids is 2. The molecule has 4 atom stereocenters. The van der Waals surface area contributed by atoms with Crippen molar-refractivity contribution in [1.29, 1.82) is 0 Å². The molecule has 4 nitrogen and oxygen atoms in total. The summed E-state index contributed by atoms with van der Waals surface area (Å²) in [4.78, 5) is 24.8. The molecule has 0 unspecified atom stereocenters. The summed E-state index contributed by atoms with van der Waals surface area (Å²) in [6.07, 6.45) is 5.14. The summed E-state index contributed by atoms with van der Waals surface area (Å²) >= 11 is 0. The highest BCUT2D eigenvalue weighted by Crippen LogP contribution is 2.53. The maximum atomic E-state index is 12.5. The monoisotopic (exact) mass is 349 g/mol. The van der Waals surface area contributed by atoms with E-state index in [1.165, 1.54) is 0 Å². The summed E-state index contributed by atoms with van der Waals surface area (Å²) in [6.45, 7) is 8.91. The van der Waals surface area contributed by atoms with Crippen LogP contribution in [0.1, 0.15) is 53.4 Å². The normalized spacial score (nSPS) is 36.0. The molecule has 3 rings (SSSR count). The van der Waals surface area contributed by atoms with Crippen molar-refractivity contribution >= 4 is 20.0 Å². The zero-order valence-corrected chi connectivity index (χ0v) is 16.5. The first-order valence-electron chi connectivity index (χ1n) is 9.63. The third kappa shape index (κ3) is 2.60. The predicted molar refractivity (Wildman–Crippen MR) is 97.2 cm³/mol. The minimum atomic E-state index is -1.76. The lowest BCUT2D eigenvalue weighted by molar-refractivity contribution is -0.123. The highest BCUT2D eigenvalue weighted by Gasteiger charge is 2.58.